The molecule has 2 aliphatic heterocycles. The van der Waals surface area contributed by atoms with Gasteiger partial charge in [0.2, 0.25) is 0 Å². The molecule has 0 radical (unpaired) electrons. The van der Waals surface area contributed by atoms with Crippen molar-refractivity contribution < 1.29 is 24.0 Å². The second-order valence-electron chi connectivity index (χ2n) is 6.33. The van der Waals surface area contributed by atoms with Crippen LogP contribution in [0.25, 0.3) is 0 Å². The quantitative estimate of drug-likeness (QED) is 0.663. The van der Waals surface area contributed by atoms with Crippen molar-refractivity contribution in [2.45, 2.75) is 18.9 Å². The Bertz CT molecular complexity index is 695. The van der Waals surface area contributed by atoms with Gasteiger partial charge in [-0.3, -0.25) is 0 Å². The van der Waals surface area contributed by atoms with Gasteiger partial charge in [0.25, 0.3) is 0 Å². The molecule has 7 heteroatoms. The molecule has 0 unspecified atom stereocenters. The van der Waals surface area contributed by atoms with Crippen LogP contribution in [-0.4, -0.2) is 45.9 Å². The number of ether oxygens (including phenoxy) is 2. The van der Waals surface area contributed by atoms with Gasteiger partial charge in [-0.05, 0) is 17.7 Å². The predicted molar refractivity (Wildman–Crippen MR) is 91.2 cm³/mol. The lowest BCUT2D eigenvalue weighted by atomic mass is 9.95. The Morgan fingerprint density at radius 2 is 2.04 bits per heavy atom. The van der Waals surface area contributed by atoms with E-state index in [1.54, 1.807) is 7.11 Å². The summed E-state index contributed by atoms with van der Waals surface area (Å²) in [6, 6.07) is 6.47. The van der Waals surface area contributed by atoms with Crippen LogP contribution in [-0.2, 0) is 9.53 Å². The summed E-state index contributed by atoms with van der Waals surface area (Å²) in [4.78, 5) is 26.0. The first-order chi connectivity index (χ1) is 12.1. The fourth-order valence-corrected chi connectivity index (χ4v) is 3.48. The summed E-state index contributed by atoms with van der Waals surface area (Å²) in [5, 5.41) is 5.64. The van der Waals surface area contributed by atoms with Crippen molar-refractivity contribution >= 4 is 12.0 Å². The lowest BCUT2D eigenvalue weighted by Crippen LogP contribution is -3.10. The highest BCUT2D eigenvalue weighted by atomic mass is 16.5. The summed E-state index contributed by atoms with van der Waals surface area (Å²) in [5.74, 6) is 0.232. The second-order valence-corrected chi connectivity index (χ2v) is 6.33. The third-order valence-corrected chi connectivity index (χ3v) is 4.72. The number of quaternary nitrogens is 1. The van der Waals surface area contributed by atoms with E-state index < -0.39 is 12.0 Å². The van der Waals surface area contributed by atoms with Crippen LogP contribution in [0, 0.1) is 0 Å². The molecule has 2 aliphatic rings. The predicted octanol–water partition coefficient (Wildman–Crippen LogP) is 0.155. The van der Waals surface area contributed by atoms with Crippen LogP contribution in [0.1, 0.15) is 24.4 Å². The first kappa shape index (κ1) is 17.3. The van der Waals surface area contributed by atoms with E-state index in [1.807, 2.05) is 24.3 Å². The SMILES string of the molecule is COC(=O)C1=C(C[NH+]2CCCC2)NC(=O)N[C@H]1c1cccc(OC)c1. The van der Waals surface area contributed by atoms with Crippen molar-refractivity contribution in [2.24, 2.45) is 0 Å². The molecule has 1 atom stereocenters. The molecule has 7 nitrogen and oxygen atoms in total. The molecule has 3 rings (SSSR count). The van der Waals surface area contributed by atoms with Crippen LogP contribution < -0.4 is 20.3 Å². The van der Waals surface area contributed by atoms with E-state index in [2.05, 4.69) is 10.6 Å². The number of rotatable bonds is 5. The number of likely N-dealkylation sites (tertiary alicyclic amines) is 1. The normalized spacial score (nSPS) is 20.9. The standard InChI is InChI=1S/C18H23N3O4/c1-24-13-7-5-6-12(10-13)16-15(17(22)25-2)14(19-18(23)20-16)11-21-8-3-4-9-21/h5-7,10,16H,3-4,8-9,11H2,1-2H3,(H2,19,20,23)/p+1/t16-/m0/s1. The molecule has 25 heavy (non-hydrogen) atoms. The van der Waals surface area contributed by atoms with E-state index in [-0.39, 0.29) is 6.03 Å². The maximum atomic E-state index is 12.5. The minimum Gasteiger partial charge on any atom is -0.497 e. The van der Waals surface area contributed by atoms with Gasteiger partial charge in [0.1, 0.15) is 12.3 Å². The molecule has 1 aromatic rings. The number of esters is 1. The van der Waals surface area contributed by atoms with Crippen molar-refractivity contribution in [3.05, 3.63) is 41.1 Å². The fourth-order valence-electron chi connectivity index (χ4n) is 3.48. The molecule has 0 aliphatic carbocycles. The minimum absolute atomic E-state index is 0.311. The van der Waals surface area contributed by atoms with E-state index in [0.29, 0.717) is 23.6 Å². The monoisotopic (exact) mass is 346 g/mol. The molecule has 0 saturated carbocycles. The number of urea groups is 1. The lowest BCUT2D eigenvalue weighted by molar-refractivity contribution is -0.882. The Labute approximate surface area is 147 Å². The van der Waals surface area contributed by atoms with Gasteiger partial charge in [-0.1, -0.05) is 12.1 Å². The van der Waals surface area contributed by atoms with Crippen molar-refractivity contribution in [3.63, 3.8) is 0 Å². The molecule has 1 saturated heterocycles. The number of benzene rings is 1. The number of methoxy groups -OCH3 is 2. The van der Waals surface area contributed by atoms with Gasteiger partial charge in [0.05, 0.1) is 44.6 Å². The zero-order valence-electron chi connectivity index (χ0n) is 14.6. The summed E-state index contributed by atoms with van der Waals surface area (Å²) >= 11 is 0. The minimum atomic E-state index is -0.562. The van der Waals surface area contributed by atoms with Crippen molar-refractivity contribution in [1.82, 2.24) is 10.6 Å². The van der Waals surface area contributed by atoms with Gasteiger partial charge in [0.15, 0.2) is 0 Å². The highest BCUT2D eigenvalue weighted by Gasteiger charge is 2.35. The Balaban J connectivity index is 2.00. The van der Waals surface area contributed by atoms with Crippen LogP contribution in [0.5, 0.6) is 5.75 Å². The summed E-state index contributed by atoms with van der Waals surface area (Å²) in [6.07, 6.45) is 2.34. The van der Waals surface area contributed by atoms with Crippen LogP contribution >= 0.6 is 0 Å². The highest BCUT2D eigenvalue weighted by Crippen LogP contribution is 2.29. The van der Waals surface area contributed by atoms with Crippen molar-refractivity contribution in [1.29, 1.82) is 0 Å². The van der Waals surface area contributed by atoms with E-state index in [9.17, 15) is 9.59 Å². The van der Waals surface area contributed by atoms with E-state index in [1.165, 1.54) is 24.9 Å². The van der Waals surface area contributed by atoms with E-state index in [0.717, 1.165) is 18.7 Å². The molecule has 0 aromatic heterocycles. The molecule has 134 valence electrons. The summed E-state index contributed by atoms with van der Waals surface area (Å²) < 4.78 is 10.3. The second kappa shape index (κ2) is 7.57. The number of amides is 2. The van der Waals surface area contributed by atoms with E-state index in [4.69, 9.17) is 9.47 Å². The Morgan fingerprint density at radius 1 is 1.28 bits per heavy atom. The maximum absolute atomic E-state index is 12.5. The fraction of sp³-hybridized carbons (Fsp3) is 0.444. The third-order valence-electron chi connectivity index (χ3n) is 4.72. The molecule has 2 heterocycles. The molecule has 0 spiro atoms. The molecular weight excluding hydrogens is 322 g/mol. The highest BCUT2D eigenvalue weighted by molar-refractivity contribution is 5.95. The van der Waals surface area contributed by atoms with Gasteiger partial charge < -0.3 is 25.0 Å². The molecular formula is C18H24N3O4+. The average Bonchev–Trinajstić information content (AvgIpc) is 3.13. The third kappa shape index (κ3) is 3.76. The molecule has 1 aromatic carbocycles. The Morgan fingerprint density at radius 3 is 2.72 bits per heavy atom. The van der Waals surface area contributed by atoms with Crippen molar-refractivity contribution in [2.75, 3.05) is 33.9 Å². The zero-order valence-corrected chi connectivity index (χ0v) is 14.6. The largest absolute Gasteiger partial charge is 0.497 e. The smallest absolute Gasteiger partial charge is 0.338 e. The van der Waals surface area contributed by atoms with Crippen LogP contribution in [0.4, 0.5) is 4.79 Å². The number of hydrogen-bond donors (Lipinski definition) is 3. The number of hydrogen-bond acceptors (Lipinski definition) is 4. The summed E-state index contributed by atoms with van der Waals surface area (Å²) in [5.41, 5.74) is 1.87. The van der Waals surface area contributed by atoms with Crippen molar-refractivity contribution in [3.8, 4) is 5.75 Å². The number of carbonyl (C=O) groups is 2. The maximum Gasteiger partial charge on any atom is 0.338 e. The number of nitrogens with one attached hydrogen (secondary N) is 3. The van der Waals surface area contributed by atoms with Gasteiger partial charge in [-0.2, -0.15) is 0 Å². The van der Waals surface area contributed by atoms with Gasteiger partial charge in [0, 0.05) is 12.8 Å². The van der Waals surface area contributed by atoms with E-state index >= 15 is 0 Å². The lowest BCUT2D eigenvalue weighted by Gasteiger charge is -2.30. The first-order valence-electron chi connectivity index (χ1n) is 8.48. The van der Waals surface area contributed by atoms with Gasteiger partial charge in [-0.15, -0.1) is 0 Å². The van der Waals surface area contributed by atoms with Crippen LogP contribution in [0.2, 0.25) is 0 Å². The van der Waals surface area contributed by atoms with Crippen LogP contribution in [0.3, 0.4) is 0 Å². The topological polar surface area (TPSA) is 81.1 Å². The Hall–Kier alpha value is -2.54. The van der Waals surface area contributed by atoms with Crippen LogP contribution in [0.15, 0.2) is 35.5 Å². The van der Waals surface area contributed by atoms with Gasteiger partial charge >= 0.3 is 12.0 Å². The zero-order chi connectivity index (χ0) is 17.8. The Kier molecular flexibility index (Phi) is 5.23. The average molecular weight is 346 g/mol. The number of carbonyl (C=O) groups excluding carboxylic acids is 2. The first-order valence-corrected chi connectivity index (χ1v) is 8.48. The molecule has 3 N–H and O–H groups in total. The molecule has 0 bridgehead atoms. The molecule has 2 amide bonds. The summed E-state index contributed by atoms with van der Waals surface area (Å²) in [7, 11) is 2.94. The van der Waals surface area contributed by atoms with Gasteiger partial charge in [-0.25, -0.2) is 9.59 Å². The summed E-state index contributed by atoms with van der Waals surface area (Å²) in [6.45, 7) is 2.70. The molecule has 1 fully saturated rings.